The molecule has 1 aromatic carbocycles. The van der Waals surface area contributed by atoms with Crippen molar-refractivity contribution in [2.75, 3.05) is 6.54 Å². The molecule has 1 atom stereocenters. The van der Waals surface area contributed by atoms with Crippen molar-refractivity contribution in [3.63, 3.8) is 0 Å². The summed E-state index contributed by atoms with van der Waals surface area (Å²) in [6.45, 7) is 5.47. The van der Waals surface area contributed by atoms with Gasteiger partial charge in [-0.2, -0.15) is 0 Å². The van der Waals surface area contributed by atoms with Crippen molar-refractivity contribution in [1.82, 2.24) is 10.2 Å². The Hall–Kier alpha value is -1.91. The van der Waals surface area contributed by atoms with Crippen molar-refractivity contribution in [1.29, 1.82) is 0 Å². The van der Waals surface area contributed by atoms with Crippen LogP contribution in [0, 0.1) is 6.92 Å². The number of likely N-dealkylation sites (tertiary alicyclic amines) is 1. The maximum Gasteiger partial charge on any atom is 0.257 e. The summed E-state index contributed by atoms with van der Waals surface area (Å²) < 4.78 is 13.5. The highest BCUT2D eigenvalue weighted by molar-refractivity contribution is 5.92. The Morgan fingerprint density at radius 2 is 2.00 bits per heavy atom. The van der Waals surface area contributed by atoms with Gasteiger partial charge in [0.15, 0.2) is 5.67 Å². The highest BCUT2D eigenvalue weighted by Crippen LogP contribution is 2.17. The summed E-state index contributed by atoms with van der Waals surface area (Å²) in [6, 6.07) is 7.36. The first kappa shape index (κ1) is 15.5. The van der Waals surface area contributed by atoms with Crippen molar-refractivity contribution in [2.45, 2.75) is 45.4 Å². The zero-order valence-electron chi connectivity index (χ0n) is 12.6. The molecule has 1 N–H and O–H groups in total. The second-order valence-electron chi connectivity index (χ2n) is 6.03. The number of alkyl halides is 1. The van der Waals surface area contributed by atoms with Gasteiger partial charge in [-0.05, 0) is 32.8 Å². The van der Waals surface area contributed by atoms with E-state index in [-0.39, 0.29) is 5.91 Å². The lowest BCUT2D eigenvalue weighted by Gasteiger charge is -2.19. The molecule has 2 amide bonds. The average Bonchev–Trinajstić information content (AvgIpc) is 2.73. The Kier molecular flexibility index (Phi) is 4.30. The number of benzene rings is 1. The van der Waals surface area contributed by atoms with Crippen molar-refractivity contribution < 1.29 is 14.0 Å². The smallest absolute Gasteiger partial charge is 0.257 e. The van der Waals surface area contributed by atoms with Crippen LogP contribution >= 0.6 is 0 Å². The van der Waals surface area contributed by atoms with Crippen LogP contribution in [0.25, 0.3) is 0 Å². The van der Waals surface area contributed by atoms with Crippen LogP contribution < -0.4 is 5.32 Å². The molecule has 21 heavy (non-hydrogen) atoms. The van der Waals surface area contributed by atoms with Crippen molar-refractivity contribution in [3.05, 3.63) is 35.4 Å². The highest BCUT2D eigenvalue weighted by Gasteiger charge is 2.36. The maximum atomic E-state index is 13.5. The average molecular weight is 292 g/mol. The quantitative estimate of drug-likeness (QED) is 0.922. The minimum Gasteiger partial charge on any atom is -0.341 e. The SMILES string of the molecule is Cc1ccc(CN2CC[C@H](NC(=O)C(C)(C)F)C2=O)cc1. The lowest BCUT2D eigenvalue weighted by atomic mass is 10.1. The first-order valence-electron chi connectivity index (χ1n) is 7.11. The number of aryl methyl sites for hydroxylation is 1. The van der Waals surface area contributed by atoms with Gasteiger partial charge in [-0.1, -0.05) is 29.8 Å². The van der Waals surface area contributed by atoms with Crippen LogP contribution in [0.4, 0.5) is 4.39 Å². The van der Waals surface area contributed by atoms with Gasteiger partial charge in [-0.25, -0.2) is 4.39 Å². The van der Waals surface area contributed by atoms with E-state index in [0.717, 1.165) is 5.56 Å². The van der Waals surface area contributed by atoms with Gasteiger partial charge in [0, 0.05) is 13.1 Å². The molecule has 0 spiro atoms. The molecular weight excluding hydrogens is 271 g/mol. The largest absolute Gasteiger partial charge is 0.341 e. The van der Waals surface area contributed by atoms with Crippen LogP contribution in [0.3, 0.4) is 0 Å². The fourth-order valence-corrected chi connectivity index (χ4v) is 2.27. The summed E-state index contributed by atoms with van der Waals surface area (Å²) in [5.74, 6) is -0.883. The third-order valence-corrected chi connectivity index (χ3v) is 3.64. The van der Waals surface area contributed by atoms with Gasteiger partial charge < -0.3 is 10.2 Å². The molecule has 1 fully saturated rings. The number of rotatable bonds is 4. The molecule has 0 saturated carbocycles. The number of carbonyl (C=O) groups is 2. The lowest BCUT2D eigenvalue weighted by Crippen LogP contribution is -2.47. The number of halogens is 1. The molecule has 0 aromatic heterocycles. The monoisotopic (exact) mass is 292 g/mol. The normalized spacial score (nSPS) is 19.0. The first-order valence-corrected chi connectivity index (χ1v) is 7.11. The molecule has 0 bridgehead atoms. The number of nitrogens with one attached hydrogen (secondary N) is 1. The second-order valence-corrected chi connectivity index (χ2v) is 6.03. The standard InChI is InChI=1S/C16H21FN2O2/c1-11-4-6-12(7-5-11)10-19-9-8-13(14(19)20)18-15(21)16(2,3)17/h4-7,13H,8-10H2,1-3H3,(H,18,21)/t13-/m0/s1. The summed E-state index contributed by atoms with van der Waals surface area (Å²) in [4.78, 5) is 25.5. The minimum atomic E-state index is -1.97. The fourth-order valence-electron chi connectivity index (χ4n) is 2.27. The van der Waals surface area contributed by atoms with Gasteiger partial charge in [0.1, 0.15) is 6.04 Å². The fraction of sp³-hybridized carbons (Fsp3) is 0.500. The number of amides is 2. The van der Waals surface area contributed by atoms with E-state index < -0.39 is 17.6 Å². The molecule has 0 radical (unpaired) electrons. The number of hydrogen-bond acceptors (Lipinski definition) is 2. The third-order valence-electron chi connectivity index (χ3n) is 3.64. The molecule has 1 aromatic rings. The predicted molar refractivity (Wildman–Crippen MR) is 78.3 cm³/mol. The van der Waals surface area contributed by atoms with Gasteiger partial charge in [0.05, 0.1) is 0 Å². The van der Waals surface area contributed by atoms with Crippen LogP contribution in [-0.4, -0.2) is 35.0 Å². The Bertz CT molecular complexity index is 534. The van der Waals surface area contributed by atoms with E-state index in [4.69, 9.17) is 0 Å². The van der Waals surface area contributed by atoms with Gasteiger partial charge in [-0.3, -0.25) is 9.59 Å². The molecule has 1 aliphatic rings. The van der Waals surface area contributed by atoms with Crippen LogP contribution in [0.5, 0.6) is 0 Å². The molecular formula is C16H21FN2O2. The Morgan fingerprint density at radius 1 is 1.38 bits per heavy atom. The highest BCUT2D eigenvalue weighted by atomic mass is 19.1. The summed E-state index contributed by atoms with van der Waals surface area (Å²) in [5, 5.41) is 2.49. The maximum absolute atomic E-state index is 13.5. The Morgan fingerprint density at radius 3 is 2.57 bits per heavy atom. The van der Waals surface area contributed by atoms with Gasteiger partial charge in [-0.15, -0.1) is 0 Å². The minimum absolute atomic E-state index is 0.145. The summed E-state index contributed by atoms with van der Waals surface area (Å²) in [5.41, 5.74) is 0.249. The van der Waals surface area contributed by atoms with Crippen LogP contribution in [0.1, 0.15) is 31.4 Å². The molecule has 2 rings (SSSR count). The van der Waals surface area contributed by atoms with Crippen LogP contribution in [0.15, 0.2) is 24.3 Å². The zero-order chi connectivity index (χ0) is 15.6. The molecule has 1 saturated heterocycles. The van der Waals surface area contributed by atoms with E-state index in [2.05, 4.69) is 5.32 Å². The van der Waals surface area contributed by atoms with E-state index >= 15 is 0 Å². The van der Waals surface area contributed by atoms with Crippen molar-refractivity contribution in [2.24, 2.45) is 0 Å². The van der Waals surface area contributed by atoms with E-state index in [0.29, 0.717) is 19.5 Å². The summed E-state index contributed by atoms with van der Waals surface area (Å²) in [6.07, 6.45) is 0.520. The Balaban J connectivity index is 1.95. The third kappa shape index (κ3) is 3.80. The molecule has 0 unspecified atom stereocenters. The van der Waals surface area contributed by atoms with Crippen molar-refractivity contribution >= 4 is 11.8 Å². The van der Waals surface area contributed by atoms with Crippen LogP contribution in [0.2, 0.25) is 0 Å². The second kappa shape index (κ2) is 5.84. The number of hydrogen-bond donors (Lipinski definition) is 1. The van der Waals surface area contributed by atoms with E-state index in [1.807, 2.05) is 31.2 Å². The van der Waals surface area contributed by atoms with Gasteiger partial charge >= 0.3 is 0 Å². The lowest BCUT2D eigenvalue weighted by molar-refractivity contribution is -0.136. The molecule has 0 aliphatic carbocycles. The first-order chi connectivity index (χ1) is 9.77. The van der Waals surface area contributed by atoms with Gasteiger partial charge in [0.2, 0.25) is 5.91 Å². The van der Waals surface area contributed by atoms with Gasteiger partial charge in [0.25, 0.3) is 5.91 Å². The van der Waals surface area contributed by atoms with E-state index in [9.17, 15) is 14.0 Å². The zero-order valence-corrected chi connectivity index (χ0v) is 12.6. The number of nitrogens with zero attached hydrogens (tertiary/aromatic N) is 1. The predicted octanol–water partition coefficient (Wildman–Crippen LogP) is 1.96. The van der Waals surface area contributed by atoms with E-state index in [1.165, 1.54) is 19.4 Å². The Labute approximate surface area is 124 Å². The molecule has 114 valence electrons. The molecule has 1 aliphatic heterocycles. The van der Waals surface area contributed by atoms with Crippen LogP contribution in [-0.2, 0) is 16.1 Å². The topological polar surface area (TPSA) is 49.4 Å². The van der Waals surface area contributed by atoms with E-state index in [1.54, 1.807) is 4.90 Å². The van der Waals surface area contributed by atoms with Crippen molar-refractivity contribution in [3.8, 4) is 0 Å². The summed E-state index contributed by atoms with van der Waals surface area (Å²) in [7, 11) is 0. The molecule has 5 heteroatoms. The molecule has 1 heterocycles. The molecule has 4 nitrogen and oxygen atoms in total. The summed E-state index contributed by atoms with van der Waals surface area (Å²) >= 11 is 0. The number of carbonyl (C=O) groups excluding carboxylic acids is 2.